The largest absolute Gasteiger partial charge is 0.298 e. The van der Waals surface area contributed by atoms with Gasteiger partial charge in [0.05, 0.1) is 17.2 Å². The van der Waals surface area contributed by atoms with E-state index in [0.29, 0.717) is 5.01 Å². The van der Waals surface area contributed by atoms with Gasteiger partial charge in [0.2, 0.25) is 0 Å². The Morgan fingerprint density at radius 2 is 2.20 bits per heavy atom. The zero-order valence-electron chi connectivity index (χ0n) is 8.64. The maximum Gasteiger partial charge on any atom is 0.252 e. The number of ketones is 1. The molecule has 1 aromatic heterocycles. The van der Waals surface area contributed by atoms with Crippen molar-refractivity contribution in [3.8, 4) is 0 Å². The smallest absolute Gasteiger partial charge is 0.252 e. The Morgan fingerprint density at radius 1 is 1.60 bits per heavy atom. The van der Waals surface area contributed by atoms with Crippen molar-refractivity contribution in [1.29, 1.82) is 0 Å². The van der Waals surface area contributed by atoms with Crippen LogP contribution in [0.1, 0.15) is 18.9 Å². The molecule has 15 heavy (non-hydrogen) atoms. The number of rotatable bonds is 4. The average molecular weight is 248 g/mol. The molecule has 7 heteroatoms. The lowest BCUT2D eigenvalue weighted by molar-refractivity contribution is -0.118. The van der Waals surface area contributed by atoms with Crippen molar-refractivity contribution in [1.82, 2.24) is 9.71 Å². The molecule has 84 valence electrons. The predicted molar refractivity (Wildman–Crippen MR) is 57.3 cm³/mol. The number of nitrogens with zero attached hydrogens (tertiary/aromatic N) is 1. The fraction of sp³-hybridized carbons (Fsp3) is 0.500. The van der Waals surface area contributed by atoms with Gasteiger partial charge in [-0.05, 0) is 20.8 Å². The van der Waals surface area contributed by atoms with Crippen molar-refractivity contribution in [2.24, 2.45) is 0 Å². The quantitative estimate of drug-likeness (QED) is 0.851. The molecule has 0 radical (unpaired) electrons. The molecule has 1 heterocycles. The lowest BCUT2D eigenvalue weighted by Crippen LogP contribution is -2.36. The van der Waals surface area contributed by atoms with Crippen molar-refractivity contribution >= 4 is 27.1 Å². The molecule has 5 nitrogen and oxygen atoms in total. The fourth-order valence-corrected chi connectivity index (χ4v) is 3.23. The molecule has 1 rings (SSSR count). The topological polar surface area (TPSA) is 76.1 Å². The first-order valence-corrected chi connectivity index (χ1v) is 6.58. The van der Waals surface area contributed by atoms with Gasteiger partial charge in [-0.2, -0.15) is 0 Å². The van der Waals surface area contributed by atoms with Gasteiger partial charge in [-0.1, -0.05) is 0 Å². The van der Waals surface area contributed by atoms with E-state index in [1.165, 1.54) is 20.0 Å². The minimum absolute atomic E-state index is 0.133. The van der Waals surface area contributed by atoms with Crippen LogP contribution in [0.2, 0.25) is 0 Å². The summed E-state index contributed by atoms with van der Waals surface area (Å²) in [6, 6.07) is -0.711. The molecule has 0 aromatic carbocycles. The second-order valence-corrected chi connectivity index (χ2v) is 6.33. The van der Waals surface area contributed by atoms with E-state index >= 15 is 0 Å². The summed E-state index contributed by atoms with van der Waals surface area (Å²) in [5, 5.41) is 0.672. The summed E-state index contributed by atoms with van der Waals surface area (Å²) in [7, 11) is -3.60. The Bertz CT molecular complexity index is 464. The minimum atomic E-state index is -3.60. The molecule has 0 aliphatic heterocycles. The maximum absolute atomic E-state index is 11.7. The first-order chi connectivity index (χ1) is 6.83. The third-order valence-electron chi connectivity index (χ3n) is 1.81. The average Bonchev–Trinajstić information content (AvgIpc) is 2.51. The molecule has 1 aromatic rings. The Kier molecular flexibility index (Phi) is 3.58. The fourth-order valence-electron chi connectivity index (χ4n) is 0.840. The maximum atomic E-state index is 11.7. The first kappa shape index (κ1) is 12.3. The lowest BCUT2D eigenvalue weighted by Gasteiger charge is -2.08. The molecule has 0 bridgehead atoms. The van der Waals surface area contributed by atoms with Gasteiger partial charge < -0.3 is 0 Å². The number of Topliss-reactive ketones (excluding diaryl/α,β-unsaturated/α-hetero) is 1. The molecule has 0 saturated carbocycles. The number of aryl methyl sites for hydroxylation is 1. The Hall–Kier alpha value is -0.790. The van der Waals surface area contributed by atoms with Crippen LogP contribution in [-0.4, -0.2) is 25.2 Å². The van der Waals surface area contributed by atoms with Gasteiger partial charge >= 0.3 is 0 Å². The van der Waals surface area contributed by atoms with Gasteiger partial charge in [-0.15, -0.1) is 11.3 Å². The molecule has 0 aliphatic carbocycles. The summed E-state index contributed by atoms with van der Waals surface area (Å²) in [6.07, 6.45) is 1.29. The Morgan fingerprint density at radius 3 is 2.60 bits per heavy atom. The highest BCUT2D eigenvalue weighted by Crippen LogP contribution is 2.17. The van der Waals surface area contributed by atoms with Crippen LogP contribution in [0.4, 0.5) is 0 Å². The van der Waals surface area contributed by atoms with Crippen LogP contribution >= 0.6 is 11.3 Å². The summed E-state index contributed by atoms with van der Waals surface area (Å²) < 4.78 is 25.7. The molecular formula is C8H12N2O3S2. The van der Waals surface area contributed by atoms with Crippen molar-refractivity contribution in [3.63, 3.8) is 0 Å². The molecule has 1 N–H and O–H groups in total. The van der Waals surface area contributed by atoms with Crippen molar-refractivity contribution in [2.75, 3.05) is 0 Å². The van der Waals surface area contributed by atoms with Crippen LogP contribution in [0.5, 0.6) is 0 Å². The monoisotopic (exact) mass is 248 g/mol. The van der Waals surface area contributed by atoms with Crippen molar-refractivity contribution in [2.45, 2.75) is 31.0 Å². The van der Waals surface area contributed by atoms with E-state index in [1.807, 2.05) is 0 Å². The van der Waals surface area contributed by atoms with Gasteiger partial charge in [0.15, 0.2) is 4.21 Å². The molecule has 1 atom stereocenters. The molecular weight excluding hydrogens is 236 g/mol. The van der Waals surface area contributed by atoms with Gasteiger partial charge in [-0.25, -0.2) is 18.1 Å². The number of thiazole rings is 1. The van der Waals surface area contributed by atoms with E-state index in [4.69, 9.17) is 0 Å². The SMILES string of the molecule is CC(=O)C(C)NS(=O)(=O)c1cnc(C)s1. The number of carbonyl (C=O) groups excluding carboxylic acids is 1. The summed E-state index contributed by atoms with van der Waals surface area (Å²) in [6.45, 7) is 4.57. The standard InChI is InChI=1S/C8H12N2O3S2/c1-5(6(2)11)10-15(12,13)8-4-9-7(3)14-8/h4-5,10H,1-3H3. The number of hydrogen-bond acceptors (Lipinski definition) is 5. The summed E-state index contributed by atoms with van der Waals surface area (Å²) in [5.41, 5.74) is 0. The number of carbonyl (C=O) groups is 1. The normalized spacial score (nSPS) is 13.8. The van der Waals surface area contributed by atoms with E-state index in [1.54, 1.807) is 6.92 Å². The van der Waals surface area contributed by atoms with E-state index in [0.717, 1.165) is 11.3 Å². The third kappa shape index (κ3) is 3.08. The first-order valence-electron chi connectivity index (χ1n) is 4.28. The second kappa shape index (κ2) is 4.38. The van der Waals surface area contributed by atoms with Crippen molar-refractivity contribution in [3.05, 3.63) is 11.2 Å². The zero-order chi connectivity index (χ0) is 11.6. The second-order valence-electron chi connectivity index (χ2n) is 3.15. The highest BCUT2D eigenvalue weighted by molar-refractivity contribution is 7.91. The zero-order valence-corrected chi connectivity index (χ0v) is 10.3. The molecule has 0 amide bonds. The van der Waals surface area contributed by atoms with E-state index in [-0.39, 0.29) is 9.99 Å². The Balaban J connectivity index is 2.90. The van der Waals surface area contributed by atoms with Crippen LogP contribution in [0.3, 0.4) is 0 Å². The van der Waals surface area contributed by atoms with Crippen LogP contribution < -0.4 is 4.72 Å². The van der Waals surface area contributed by atoms with Crippen LogP contribution in [0.25, 0.3) is 0 Å². The number of nitrogens with one attached hydrogen (secondary N) is 1. The van der Waals surface area contributed by atoms with E-state index in [2.05, 4.69) is 9.71 Å². The highest BCUT2D eigenvalue weighted by Gasteiger charge is 2.21. The molecule has 1 unspecified atom stereocenters. The van der Waals surface area contributed by atoms with Crippen LogP contribution in [-0.2, 0) is 14.8 Å². The molecule has 0 saturated heterocycles. The van der Waals surface area contributed by atoms with Gasteiger partial charge in [0, 0.05) is 0 Å². The summed E-state index contributed by atoms with van der Waals surface area (Å²) in [5.74, 6) is -0.222. The van der Waals surface area contributed by atoms with Gasteiger partial charge in [0.25, 0.3) is 10.0 Å². The summed E-state index contributed by atoms with van der Waals surface area (Å²) >= 11 is 1.08. The summed E-state index contributed by atoms with van der Waals surface area (Å²) in [4.78, 5) is 14.8. The van der Waals surface area contributed by atoms with Gasteiger partial charge in [0.1, 0.15) is 5.78 Å². The molecule has 0 aliphatic rings. The van der Waals surface area contributed by atoms with E-state index < -0.39 is 16.1 Å². The van der Waals surface area contributed by atoms with Crippen LogP contribution in [0.15, 0.2) is 10.4 Å². The van der Waals surface area contributed by atoms with E-state index in [9.17, 15) is 13.2 Å². The van der Waals surface area contributed by atoms with Crippen LogP contribution in [0, 0.1) is 6.92 Å². The number of aromatic nitrogens is 1. The lowest BCUT2D eigenvalue weighted by atomic mass is 10.3. The number of hydrogen-bond donors (Lipinski definition) is 1. The van der Waals surface area contributed by atoms with Gasteiger partial charge in [-0.3, -0.25) is 4.79 Å². The molecule has 0 spiro atoms. The van der Waals surface area contributed by atoms with Crippen molar-refractivity contribution < 1.29 is 13.2 Å². The highest BCUT2D eigenvalue weighted by atomic mass is 32.2. The molecule has 0 fully saturated rings. The predicted octanol–water partition coefficient (Wildman–Crippen LogP) is 0.707. The Labute approximate surface area is 92.6 Å². The minimum Gasteiger partial charge on any atom is -0.298 e. The number of sulfonamides is 1. The third-order valence-corrected chi connectivity index (χ3v) is 4.72.